The molecule has 21 heavy (non-hydrogen) atoms. The van der Waals surface area contributed by atoms with Crippen molar-refractivity contribution in [1.82, 2.24) is 5.32 Å². The van der Waals surface area contributed by atoms with Gasteiger partial charge in [-0.2, -0.15) is 0 Å². The van der Waals surface area contributed by atoms with Crippen molar-refractivity contribution in [3.63, 3.8) is 0 Å². The Morgan fingerprint density at radius 1 is 1.24 bits per heavy atom. The summed E-state index contributed by atoms with van der Waals surface area (Å²) in [5, 5.41) is 7.44. The highest BCUT2D eigenvalue weighted by molar-refractivity contribution is 7.17. The van der Waals surface area contributed by atoms with Crippen molar-refractivity contribution in [1.29, 1.82) is 0 Å². The van der Waals surface area contributed by atoms with Gasteiger partial charge in [0.05, 0.1) is 0 Å². The second-order valence-corrected chi connectivity index (χ2v) is 7.84. The largest absolute Gasteiger partial charge is 0.317 e. The average Bonchev–Trinajstić information content (AvgIpc) is 2.90. The van der Waals surface area contributed by atoms with E-state index in [-0.39, 0.29) is 0 Å². The average molecular weight is 301 g/mol. The van der Waals surface area contributed by atoms with Gasteiger partial charge in [-0.1, -0.05) is 32.0 Å². The highest BCUT2D eigenvalue weighted by atomic mass is 32.1. The fourth-order valence-corrected chi connectivity index (χ4v) is 4.96. The summed E-state index contributed by atoms with van der Waals surface area (Å²) in [5.74, 6) is 2.52. The van der Waals surface area contributed by atoms with Gasteiger partial charge in [0.1, 0.15) is 0 Å². The van der Waals surface area contributed by atoms with Gasteiger partial charge >= 0.3 is 0 Å². The standard InChI is InChI=1S/C19H27NS/c1-13(2)14-8-9-18(20-3)15(10-14)11-16-12-21-19-7-5-4-6-17(16)19/h4-7,12-15,18,20H,8-11H2,1-3H3. The first-order valence-corrected chi connectivity index (χ1v) is 9.19. The Bertz CT molecular complexity index is 586. The van der Waals surface area contributed by atoms with Crippen LogP contribution in [-0.4, -0.2) is 13.1 Å². The molecule has 1 N–H and O–H groups in total. The van der Waals surface area contributed by atoms with E-state index in [9.17, 15) is 0 Å². The van der Waals surface area contributed by atoms with E-state index in [1.807, 2.05) is 11.3 Å². The smallest absolute Gasteiger partial charge is 0.0345 e. The number of rotatable bonds is 4. The first-order valence-electron chi connectivity index (χ1n) is 8.31. The molecule has 1 aliphatic rings. The van der Waals surface area contributed by atoms with Crippen LogP contribution in [0, 0.1) is 17.8 Å². The third-order valence-corrected chi connectivity index (χ3v) is 6.39. The fraction of sp³-hybridized carbons (Fsp3) is 0.579. The molecule has 0 radical (unpaired) electrons. The molecule has 1 saturated carbocycles. The lowest BCUT2D eigenvalue weighted by Gasteiger charge is -2.38. The zero-order valence-corrected chi connectivity index (χ0v) is 14.2. The fourth-order valence-electron chi connectivity index (χ4n) is 3.98. The zero-order valence-electron chi connectivity index (χ0n) is 13.4. The van der Waals surface area contributed by atoms with Crippen molar-refractivity contribution in [3.05, 3.63) is 35.2 Å². The lowest BCUT2D eigenvalue weighted by Crippen LogP contribution is -2.40. The van der Waals surface area contributed by atoms with Gasteiger partial charge in [-0.3, -0.25) is 0 Å². The highest BCUT2D eigenvalue weighted by Crippen LogP contribution is 2.37. The minimum Gasteiger partial charge on any atom is -0.317 e. The van der Waals surface area contributed by atoms with Gasteiger partial charge in [0.15, 0.2) is 0 Å². The number of hydrogen-bond donors (Lipinski definition) is 1. The van der Waals surface area contributed by atoms with E-state index in [1.165, 1.54) is 35.8 Å². The number of thiophene rings is 1. The van der Waals surface area contributed by atoms with Crippen LogP contribution in [0.5, 0.6) is 0 Å². The van der Waals surface area contributed by atoms with E-state index >= 15 is 0 Å². The van der Waals surface area contributed by atoms with Crippen molar-refractivity contribution >= 4 is 21.4 Å². The Morgan fingerprint density at radius 2 is 2.05 bits per heavy atom. The van der Waals surface area contributed by atoms with Gasteiger partial charge in [-0.05, 0) is 72.9 Å². The molecule has 0 bridgehead atoms. The van der Waals surface area contributed by atoms with Crippen LogP contribution < -0.4 is 5.32 Å². The molecule has 3 atom stereocenters. The van der Waals surface area contributed by atoms with Crippen LogP contribution in [0.3, 0.4) is 0 Å². The Labute approximate surface area is 132 Å². The Kier molecular flexibility index (Phi) is 4.66. The predicted octanol–water partition coefficient (Wildman–Crippen LogP) is 5.10. The molecule has 2 aromatic rings. The third kappa shape index (κ3) is 3.17. The second-order valence-electron chi connectivity index (χ2n) is 6.93. The Balaban J connectivity index is 1.80. The summed E-state index contributed by atoms with van der Waals surface area (Å²) in [6, 6.07) is 9.55. The summed E-state index contributed by atoms with van der Waals surface area (Å²) in [7, 11) is 2.14. The van der Waals surface area contributed by atoms with Crippen LogP contribution >= 0.6 is 11.3 Å². The lowest BCUT2D eigenvalue weighted by atomic mass is 9.72. The van der Waals surface area contributed by atoms with Gasteiger partial charge < -0.3 is 5.32 Å². The quantitative estimate of drug-likeness (QED) is 0.828. The summed E-state index contributed by atoms with van der Waals surface area (Å²) in [5.41, 5.74) is 1.56. The van der Waals surface area contributed by atoms with Crippen molar-refractivity contribution in [2.24, 2.45) is 17.8 Å². The van der Waals surface area contributed by atoms with E-state index in [2.05, 4.69) is 55.9 Å². The molecule has 1 aromatic carbocycles. The number of fused-ring (bicyclic) bond motifs is 1. The van der Waals surface area contributed by atoms with Crippen molar-refractivity contribution < 1.29 is 0 Å². The molecule has 2 heteroatoms. The van der Waals surface area contributed by atoms with E-state index < -0.39 is 0 Å². The molecule has 0 amide bonds. The molecule has 1 nitrogen and oxygen atoms in total. The first-order chi connectivity index (χ1) is 10.2. The lowest BCUT2D eigenvalue weighted by molar-refractivity contribution is 0.173. The molecule has 0 saturated heterocycles. The van der Waals surface area contributed by atoms with Crippen molar-refractivity contribution in [2.45, 2.75) is 45.6 Å². The van der Waals surface area contributed by atoms with E-state index in [0.717, 1.165) is 17.8 Å². The summed E-state index contributed by atoms with van der Waals surface area (Å²) >= 11 is 1.90. The van der Waals surface area contributed by atoms with Gasteiger partial charge in [-0.25, -0.2) is 0 Å². The van der Waals surface area contributed by atoms with Gasteiger partial charge in [0.25, 0.3) is 0 Å². The van der Waals surface area contributed by atoms with E-state index in [4.69, 9.17) is 0 Å². The molecular weight excluding hydrogens is 274 g/mol. The monoisotopic (exact) mass is 301 g/mol. The number of benzene rings is 1. The SMILES string of the molecule is CNC1CCC(C(C)C)CC1Cc1csc2ccccc12. The summed E-state index contributed by atoms with van der Waals surface area (Å²) < 4.78 is 1.43. The molecule has 3 rings (SSSR count). The van der Waals surface area contributed by atoms with Crippen LogP contribution in [0.2, 0.25) is 0 Å². The van der Waals surface area contributed by atoms with Crippen LogP contribution in [0.4, 0.5) is 0 Å². The maximum Gasteiger partial charge on any atom is 0.0345 e. The molecule has 0 aliphatic heterocycles. The molecule has 1 heterocycles. The van der Waals surface area contributed by atoms with Gasteiger partial charge in [-0.15, -0.1) is 11.3 Å². The molecule has 114 valence electrons. The summed E-state index contributed by atoms with van der Waals surface area (Å²) in [6.45, 7) is 4.78. The minimum absolute atomic E-state index is 0.693. The number of hydrogen-bond acceptors (Lipinski definition) is 2. The third-order valence-electron chi connectivity index (χ3n) is 5.38. The molecule has 1 aromatic heterocycles. The topological polar surface area (TPSA) is 12.0 Å². The van der Waals surface area contributed by atoms with Crippen LogP contribution in [0.25, 0.3) is 10.1 Å². The Morgan fingerprint density at radius 3 is 2.81 bits per heavy atom. The second kappa shape index (κ2) is 6.50. The molecule has 1 aliphatic carbocycles. The Hall–Kier alpha value is -0.860. The number of nitrogens with one attached hydrogen (secondary N) is 1. The maximum atomic E-state index is 3.58. The van der Waals surface area contributed by atoms with Crippen molar-refractivity contribution in [2.75, 3.05) is 7.05 Å². The summed E-state index contributed by atoms with van der Waals surface area (Å²) in [4.78, 5) is 0. The molecule has 3 unspecified atom stereocenters. The molecule has 1 fully saturated rings. The molecule has 0 spiro atoms. The molecular formula is C19H27NS. The van der Waals surface area contributed by atoms with Crippen LogP contribution in [0.1, 0.15) is 38.7 Å². The normalized spacial score (nSPS) is 26.6. The van der Waals surface area contributed by atoms with E-state index in [0.29, 0.717) is 6.04 Å². The van der Waals surface area contributed by atoms with Gasteiger partial charge in [0.2, 0.25) is 0 Å². The predicted molar refractivity (Wildman–Crippen MR) is 94.0 cm³/mol. The van der Waals surface area contributed by atoms with Crippen molar-refractivity contribution in [3.8, 4) is 0 Å². The summed E-state index contributed by atoms with van der Waals surface area (Å²) in [6.07, 6.45) is 5.35. The highest BCUT2D eigenvalue weighted by Gasteiger charge is 2.31. The van der Waals surface area contributed by atoms with E-state index in [1.54, 1.807) is 5.56 Å². The van der Waals surface area contributed by atoms with Crippen LogP contribution in [-0.2, 0) is 6.42 Å². The zero-order chi connectivity index (χ0) is 14.8. The van der Waals surface area contributed by atoms with Gasteiger partial charge in [0, 0.05) is 10.7 Å². The van der Waals surface area contributed by atoms with Crippen LogP contribution in [0.15, 0.2) is 29.6 Å². The maximum absolute atomic E-state index is 3.58. The minimum atomic E-state index is 0.693. The first kappa shape index (κ1) is 15.1.